The van der Waals surface area contributed by atoms with Crippen molar-refractivity contribution in [2.45, 2.75) is 91.7 Å². The monoisotopic (exact) mass is 528 g/mol. The van der Waals surface area contributed by atoms with Gasteiger partial charge in [-0.1, -0.05) is 91.7 Å². The minimum atomic E-state index is -1.25. The first-order chi connectivity index (χ1) is 11.6. The third-order valence-electron chi connectivity index (χ3n) is 10.6. The molecular weight excluding hydrogens is 477 g/mol. The first-order valence-corrected chi connectivity index (χ1v) is 40.8. The van der Waals surface area contributed by atoms with Crippen LogP contribution >= 0.6 is 23.5 Å². The highest BCUT2D eigenvalue weighted by Gasteiger charge is 2.67. The second-order valence-electron chi connectivity index (χ2n) is 12.8. The molecule has 0 nitrogen and oxygen atoms in total. The first-order valence-electron chi connectivity index (χ1n) is 10.6. The maximum absolute atomic E-state index is 2.92. The van der Waals surface area contributed by atoms with Gasteiger partial charge in [0.15, 0.2) is 0 Å². The minimum Gasteiger partial charge on any atom is -0.169 e. The second kappa shape index (κ2) is 8.99. The van der Waals surface area contributed by atoms with Crippen molar-refractivity contribution in [2.24, 2.45) is 0 Å². The Kier molecular flexibility index (Phi) is 9.73. The molecule has 0 amide bonds. The van der Waals surface area contributed by atoms with Crippen molar-refractivity contribution < 1.29 is 0 Å². The summed E-state index contributed by atoms with van der Waals surface area (Å²) in [5, 5.41) is 2.98. The van der Waals surface area contributed by atoms with Gasteiger partial charge in [-0.05, 0) is 23.3 Å². The lowest BCUT2D eigenvalue weighted by Crippen LogP contribution is -2.91. The predicted octanol–water partition coefficient (Wildman–Crippen LogP) is 7.22. The van der Waals surface area contributed by atoms with E-state index in [0.29, 0.717) is 0 Å². The smallest absolute Gasteiger partial charge is 0.0492 e. The minimum absolute atomic E-state index is 1.13. The molecule has 0 aromatic carbocycles. The zero-order chi connectivity index (χ0) is 22.3. The molecule has 0 aliphatic heterocycles. The maximum atomic E-state index is 2.92. The van der Waals surface area contributed by atoms with E-state index in [4.69, 9.17) is 0 Å². The van der Waals surface area contributed by atoms with E-state index in [9.17, 15) is 0 Å². The van der Waals surface area contributed by atoms with E-state index in [1.165, 1.54) is 10.8 Å². The van der Waals surface area contributed by atoms with Crippen LogP contribution in [0.5, 0.6) is 0 Å². The van der Waals surface area contributed by atoms with E-state index in [1.54, 1.807) is 0 Å². The fourth-order valence-electron chi connectivity index (χ4n) is 5.12. The summed E-state index contributed by atoms with van der Waals surface area (Å²) in [5.41, 5.74) is 0. The van der Waals surface area contributed by atoms with Gasteiger partial charge < -0.3 is 0 Å². The fraction of sp³-hybridized carbons (Fsp3) is 1.00. The molecule has 0 heterocycles. The molecule has 0 saturated heterocycles. The van der Waals surface area contributed by atoms with E-state index in [1.807, 2.05) is 0 Å². The highest BCUT2D eigenvalue weighted by atomic mass is 32.2. The highest BCUT2D eigenvalue weighted by molar-refractivity contribution is 8.06. The Balaban J connectivity index is 6.44. The molecule has 0 unspecified atom stereocenters. The van der Waals surface area contributed by atoms with Crippen molar-refractivity contribution >= 4 is 74.3 Å². The Bertz CT molecular complexity index is 468. The van der Waals surface area contributed by atoms with Crippen LogP contribution < -0.4 is 0 Å². The molecule has 0 bridgehead atoms. The van der Waals surface area contributed by atoms with Gasteiger partial charge in [-0.15, -0.1) is 0 Å². The van der Waals surface area contributed by atoms with Crippen molar-refractivity contribution in [3.8, 4) is 0 Å². The summed E-state index contributed by atoms with van der Waals surface area (Å²) in [5.74, 6) is 0. The normalized spacial score (nSPS) is 16.0. The number of thioether (sulfide) groups is 2. The van der Waals surface area contributed by atoms with E-state index in [0.717, 1.165) is 0 Å². The van der Waals surface area contributed by atoms with Crippen LogP contribution in [0.3, 0.4) is 0 Å². The SMILES string of the molecule is CSC[Si](C)(C)[Si](C)(C)[Si](C)(C)[Si](C)(C)[Si](C)(C)[Si](C)(C)[Si](C)(C)CSC. The van der Waals surface area contributed by atoms with Crippen molar-refractivity contribution in [1.29, 1.82) is 0 Å². The van der Waals surface area contributed by atoms with Crippen LogP contribution in [0.25, 0.3) is 0 Å². The highest BCUT2D eigenvalue weighted by Crippen LogP contribution is 2.44. The molecule has 27 heavy (non-hydrogen) atoms. The third kappa shape index (κ3) is 4.70. The van der Waals surface area contributed by atoms with Gasteiger partial charge in [0.1, 0.15) is 0 Å². The Morgan fingerprint density at radius 3 is 0.741 bits per heavy atom. The fourth-order valence-corrected chi connectivity index (χ4v) is 211. The van der Waals surface area contributed by atoms with E-state index in [2.05, 4.69) is 128 Å². The molecule has 0 rings (SSSR count). The summed E-state index contributed by atoms with van der Waals surface area (Å²) >= 11 is 4.29. The number of hydrogen-bond donors (Lipinski definition) is 0. The lowest BCUT2D eigenvalue weighted by molar-refractivity contribution is 1.70. The molecular formula is C18H52S2Si7. The van der Waals surface area contributed by atoms with Crippen LogP contribution in [0.2, 0.25) is 91.7 Å². The molecule has 0 atom stereocenters. The third-order valence-corrected chi connectivity index (χ3v) is 165. The Hall–Kier alpha value is 2.22. The molecule has 0 aliphatic carbocycles. The van der Waals surface area contributed by atoms with Crippen LogP contribution in [-0.4, -0.2) is 74.0 Å². The van der Waals surface area contributed by atoms with E-state index in [-0.39, 0.29) is 0 Å². The topological polar surface area (TPSA) is 0 Å². The van der Waals surface area contributed by atoms with Crippen LogP contribution in [0.4, 0.5) is 0 Å². The summed E-state index contributed by atoms with van der Waals surface area (Å²) in [4.78, 5) is 0. The molecule has 0 N–H and O–H groups in total. The summed E-state index contributed by atoms with van der Waals surface area (Å²) < 4.78 is 0. The van der Waals surface area contributed by atoms with Gasteiger partial charge in [0, 0.05) is 50.7 Å². The molecule has 0 aromatic rings. The van der Waals surface area contributed by atoms with Gasteiger partial charge in [0.25, 0.3) is 0 Å². The molecule has 0 aliphatic rings. The largest absolute Gasteiger partial charge is 0.169 e. The van der Waals surface area contributed by atoms with Gasteiger partial charge in [-0.25, -0.2) is 0 Å². The molecule has 0 aromatic heterocycles. The average Bonchev–Trinajstić information content (AvgIpc) is 2.45. The zero-order valence-corrected chi connectivity index (χ0v) is 30.4. The van der Waals surface area contributed by atoms with E-state index >= 15 is 0 Å². The summed E-state index contributed by atoms with van der Waals surface area (Å²) in [6.07, 6.45) is 4.70. The summed E-state index contributed by atoms with van der Waals surface area (Å²) in [6.45, 7) is 40.0. The van der Waals surface area contributed by atoms with Gasteiger partial charge in [0.05, 0.1) is 0 Å². The average molecular weight is 529 g/mol. The summed E-state index contributed by atoms with van der Waals surface area (Å²) in [6, 6.07) is 0. The maximum Gasteiger partial charge on any atom is 0.0492 e. The molecule has 0 radical (unpaired) electrons. The molecule has 164 valence electrons. The van der Waals surface area contributed by atoms with Gasteiger partial charge in [0.2, 0.25) is 0 Å². The van der Waals surface area contributed by atoms with Crippen molar-refractivity contribution in [3.63, 3.8) is 0 Å². The van der Waals surface area contributed by atoms with Crippen molar-refractivity contribution in [3.05, 3.63) is 0 Å². The standard InChI is InChI=1S/C18H52S2Si7/c1-19-17-21(3,4)23(7,8)25(11,12)27(15,16)26(13,14)24(9,10)22(5,6)18-20-2/h17-18H2,1-16H3. The molecule has 9 heteroatoms. The Labute approximate surface area is 188 Å². The molecule has 0 fully saturated rings. The summed E-state index contributed by atoms with van der Waals surface area (Å²) in [7, 11) is -8.39. The van der Waals surface area contributed by atoms with E-state index < -0.39 is 50.7 Å². The number of rotatable bonds is 10. The quantitative estimate of drug-likeness (QED) is 0.274. The Morgan fingerprint density at radius 1 is 0.370 bits per heavy atom. The lowest BCUT2D eigenvalue weighted by Gasteiger charge is -2.64. The van der Waals surface area contributed by atoms with Gasteiger partial charge >= 0.3 is 0 Å². The van der Waals surface area contributed by atoms with Crippen LogP contribution in [0.15, 0.2) is 0 Å². The predicted molar refractivity (Wildman–Crippen MR) is 159 cm³/mol. The second-order valence-corrected chi connectivity index (χ2v) is 93.1. The van der Waals surface area contributed by atoms with Gasteiger partial charge in [-0.2, -0.15) is 23.5 Å². The Morgan fingerprint density at radius 2 is 0.556 bits per heavy atom. The first kappa shape index (κ1) is 29.2. The van der Waals surface area contributed by atoms with Crippen LogP contribution in [0, 0.1) is 0 Å². The number of hydrogen-bond acceptors (Lipinski definition) is 2. The molecule has 0 saturated carbocycles. The van der Waals surface area contributed by atoms with Gasteiger partial charge in [-0.3, -0.25) is 0 Å². The van der Waals surface area contributed by atoms with Crippen LogP contribution in [-0.2, 0) is 0 Å². The zero-order valence-electron chi connectivity index (χ0n) is 21.7. The van der Waals surface area contributed by atoms with Crippen molar-refractivity contribution in [1.82, 2.24) is 0 Å². The van der Waals surface area contributed by atoms with Crippen molar-refractivity contribution in [2.75, 3.05) is 23.3 Å². The molecule has 0 spiro atoms. The van der Waals surface area contributed by atoms with Crippen LogP contribution in [0.1, 0.15) is 0 Å². The lowest BCUT2D eigenvalue weighted by atomic mass is 11.8.